The van der Waals surface area contributed by atoms with Crippen LogP contribution in [0.25, 0.3) is 0 Å². The predicted octanol–water partition coefficient (Wildman–Crippen LogP) is 0.278. The van der Waals surface area contributed by atoms with E-state index in [4.69, 9.17) is 0 Å². The molecule has 1 N–H and O–H groups in total. The highest BCUT2D eigenvalue weighted by atomic mass is 16.2. The highest BCUT2D eigenvalue weighted by Gasteiger charge is 2.24. The minimum Gasteiger partial charge on any atom is -0.354 e. The van der Waals surface area contributed by atoms with E-state index in [-0.39, 0.29) is 5.91 Å². The summed E-state index contributed by atoms with van der Waals surface area (Å²) in [6.07, 6.45) is 3.84. The summed E-state index contributed by atoms with van der Waals surface area (Å²) in [4.78, 5) is 19.7. The number of piperazine rings is 1. The fourth-order valence-electron chi connectivity index (χ4n) is 2.27. The number of amides is 1. The van der Waals surface area contributed by atoms with Crippen LogP contribution in [-0.2, 0) is 4.79 Å². The maximum absolute atomic E-state index is 11.2. The number of carbonyl (C=O) groups is 1. The van der Waals surface area contributed by atoms with Gasteiger partial charge in [-0.3, -0.25) is 9.79 Å². The van der Waals surface area contributed by atoms with E-state index in [9.17, 15) is 4.79 Å². The summed E-state index contributed by atoms with van der Waals surface area (Å²) in [7, 11) is 1.83. The molecule has 1 heterocycles. The first kappa shape index (κ1) is 12.2. The van der Waals surface area contributed by atoms with Crippen molar-refractivity contribution in [3.63, 3.8) is 0 Å². The summed E-state index contributed by atoms with van der Waals surface area (Å²) in [5, 5.41) is 3.49. The van der Waals surface area contributed by atoms with Gasteiger partial charge < -0.3 is 15.1 Å². The van der Waals surface area contributed by atoms with Crippen molar-refractivity contribution < 1.29 is 4.79 Å². The molecule has 0 aromatic carbocycles. The molecule has 17 heavy (non-hydrogen) atoms. The molecular formula is C12H22N4O. The van der Waals surface area contributed by atoms with Crippen molar-refractivity contribution >= 4 is 11.9 Å². The zero-order valence-corrected chi connectivity index (χ0v) is 10.8. The highest BCUT2D eigenvalue weighted by Crippen LogP contribution is 2.18. The van der Waals surface area contributed by atoms with Crippen LogP contribution in [0.2, 0.25) is 0 Å². The molecule has 0 radical (unpaired) electrons. The first-order valence-electron chi connectivity index (χ1n) is 6.44. The van der Waals surface area contributed by atoms with Gasteiger partial charge >= 0.3 is 0 Å². The number of rotatable bonds is 1. The van der Waals surface area contributed by atoms with Crippen molar-refractivity contribution in [3.05, 3.63) is 0 Å². The number of carbonyl (C=O) groups excluding carboxylic acids is 1. The summed E-state index contributed by atoms with van der Waals surface area (Å²) in [6.45, 7) is 5.01. The normalized spacial score (nSPS) is 22.4. The molecule has 1 aliphatic carbocycles. The Morgan fingerprint density at radius 2 is 1.76 bits per heavy atom. The molecule has 2 rings (SSSR count). The lowest BCUT2D eigenvalue weighted by molar-refractivity contribution is -0.130. The zero-order valence-electron chi connectivity index (χ0n) is 10.8. The SMILES string of the molecule is CN=C(NC1CCC1)N1CCN(C(C)=O)CC1. The van der Waals surface area contributed by atoms with Gasteiger partial charge in [0.1, 0.15) is 0 Å². The largest absolute Gasteiger partial charge is 0.354 e. The van der Waals surface area contributed by atoms with Crippen LogP contribution in [-0.4, -0.2) is 60.9 Å². The van der Waals surface area contributed by atoms with Crippen molar-refractivity contribution in [2.24, 2.45) is 4.99 Å². The van der Waals surface area contributed by atoms with Crippen molar-refractivity contribution in [1.82, 2.24) is 15.1 Å². The van der Waals surface area contributed by atoms with E-state index < -0.39 is 0 Å². The summed E-state index contributed by atoms with van der Waals surface area (Å²) >= 11 is 0. The van der Waals surface area contributed by atoms with Crippen LogP contribution >= 0.6 is 0 Å². The van der Waals surface area contributed by atoms with Gasteiger partial charge in [0.25, 0.3) is 0 Å². The summed E-state index contributed by atoms with van der Waals surface area (Å²) in [6, 6.07) is 0.611. The van der Waals surface area contributed by atoms with Crippen molar-refractivity contribution in [2.45, 2.75) is 32.2 Å². The van der Waals surface area contributed by atoms with E-state index in [0.717, 1.165) is 32.1 Å². The maximum atomic E-state index is 11.2. The average molecular weight is 238 g/mol. The van der Waals surface area contributed by atoms with Crippen LogP contribution < -0.4 is 5.32 Å². The van der Waals surface area contributed by atoms with Gasteiger partial charge in [0.05, 0.1) is 0 Å². The van der Waals surface area contributed by atoms with Crippen molar-refractivity contribution in [1.29, 1.82) is 0 Å². The van der Waals surface area contributed by atoms with Crippen LogP contribution in [0.5, 0.6) is 0 Å². The Balaban J connectivity index is 1.83. The highest BCUT2D eigenvalue weighted by molar-refractivity contribution is 5.81. The van der Waals surface area contributed by atoms with E-state index in [1.807, 2.05) is 11.9 Å². The van der Waals surface area contributed by atoms with Crippen LogP contribution in [0.1, 0.15) is 26.2 Å². The van der Waals surface area contributed by atoms with E-state index in [1.54, 1.807) is 6.92 Å². The Bertz CT molecular complexity index is 304. The van der Waals surface area contributed by atoms with Crippen LogP contribution in [0.3, 0.4) is 0 Å². The monoisotopic (exact) mass is 238 g/mol. The molecule has 0 unspecified atom stereocenters. The first-order valence-corrected chi connectivity index (χ1v) is 6.44. The third kappa shape index (κ3) is 2.90. The topological polar surface area (TPSA) is 47.9 Å². The van der Waals surface area contributed by atoms with Crippen molar-refractivity contribution in [3.8, 4) is 0 Å². The molecule has 1 saturated heterocycles. The van der Waals surface area contributed by atoms with Crippen LogP contribution in [0, 0.1) is 0 Å². The molecule has 0 aromatic rings. The molecule has 5 heteroatoms. The van der Waals surface area contributed by atoms with Gasteiger partial charge in [0.15, 0.2) is 5.96 Å². The third-order valence-electron chi connectivity index (χ3n) is 3.67. The molecule has 0 spiro atoms. The van der Waals surface area contributed by atoms with Gasteiger partial charge in [-0.05, 0) is 19.3 Å². The number of nitrogens with zero attached hydrogens (tertiary/aromatic N) is 3. The number of guanidine groups is 1. The lowest BCUT2D eigenvalue weighted by atomic mass is 9.93. The van der Waals surface area contributed by atoms with E-state index in [2.05, 4.69) is 15.2 Å². The second kappa shape index (κ2) is 5.38. The molecule has 0 bridgehead atoms. The Labute approximate surface area is 103 Å². The lowest BCUT2D eigenvalue weighted by Crippen LogP contribution is -2.55. The average Bonchev–Trinajstić information content (AvgIpc) is 2.28. The fraction of sp³-hybridized carbons (Fsp3) is 0.833. The number of aliphatic imine (C=N–C) groups is 1. The Morgan fingerprint density at radius 1 is 1.18 bits per heavy atom. The van der Waals surface area contributed by atoms with Crippen LogP contribution in [0.4, 0.5) is 0 Å². The molecule has 2 aliphatic rings. The van der Waals surface area contributed by atoms with E-state index in [1.165, 1.54) is 19.3 Å². The van der Waals surface area contributed by atoms with Gasteiger partial charge in [-0.15, -0.1) is 0 Å². The molecule has 1 aliphatic heterocycles. The second-order valence-electron chi connectivity index (χ2n) is 4.81. The van der Waals surface area contributed by atoms with Gasteiger partial charge in [-0.25, -0.2) is 0 Å². The fourth-order valence-corrected chi connectivity index (χ4v) is 2.27. The molecule has 5 nitrogen and oxygen atoms in total. The molecule has 0 aromatic heterocycles. The Morgan fingerprint density at radius 3 is 2.18 bits per heavy atom. The Hall–Kier alpha value is -1.26. The third-order valence-corrected chi connectivity index (χ3v) is 3.67. The second-order valence-corrected chi connectivity index (χ2v) is 4.81. The number of nitrogens with one attached hydrogen (secondary N) is 1. The van der Waals surface area contributed by atoms with E-state index >= 15 is 0 Å². The van der Waals surface area contributed by atoms with Crippen LogP contribution in [0.15, 0.2) is 4.99 Å². The minimum atomic E-state index is 0.173. The molecule has 2 fully saturated rings. The lowest BCUT2D eigenvalue weighted by Gasteiger charge is -2.38. The molecule has 1 amide bonds. The van der Waals surface area contributed by atoms with Gasteiger partial charge in [-0.2, -0.15) is 0 Å². The number of hydrogen-bond donors (Lipinski definition) is 1. The molecule has 96 valence electrons. The quantitative estimate of drug-likeness (QED) is 0.527. The predicted molar refractivity (Wildman–Crippen MR) is 68.0 cm³/mol. The summed E-state index contributed by atoms with van der Waals surface area (Å²) in [5.41, 5.74) is 0. The Kier molecular flexibility index (Phi) is 3.86. The summed E-state index contributed by atoms with van der Waals surface area (Å²) < 4.78 is 0. The smallest absolute Gasteiger partial charge is 0.219 e. The summed E-state index contributed by atoms with van der Waals surface area (Å²) in [5.74, 6) is 1.17. The number of hydrogen-bond acceptors (Lipinski definition) is 2. The van der Waals surface area contributed by atoms with Gasteiger partial charge in [0.2, 0.25) is 5.91 Å². The van der Waals surface area contributed by atoms with Gasteiger partial charge in [-0.1, -0.05) is 0 Å². The molecular weight excluding hydrogens is 216 g/mol. The van der Waals surface area contributed by atoms with Crippen molar-refractivity contribution in [2.75, 3.05) is 33.2 Å². The van der Waals surface area contributed by atoms with Gasteiger partial charge in [0, 0.05) is 46.2 Å². The van der Waals surface area contributed by atoms with E-state index in [0.29, 0.717) is 6.04 Å². The first-order chi connectivity index (χ1) is 8.20. The molecule has 0 atom stereocenters. The standard InChI is InChI=1S/C12H22N4O/c1-10(17)15-6-8-16(9-7-15)12(13-2)14-11-4-3-5-11/h11H,3-9H2,1-2H3,(H,13,14). The molecule has 1 saturated carbocycles. The zero-order chi connectivity index (χ0) is 12.3. The minimum absolute atomic E-state index is 0.173. The maximum Gasteiger partial charge on any atom is 0.219 e.